The van der Waals surface area contributed by atoms with Gasteiger partial charge in [0.2, 0.25) is 5.89 Å². The minimum atomic E-state index is -0.116. The van der Waals surface area contributed by atoms with Crippen molar-refractivity contribution in [1.82, 2.24) is 20.4 Å². The second-order valence-corrected chi connectivity index (χ2v) is 6.46. The molecule has 1 unspecified atom stereocenters. The van der Waals surface area contributed by atoms with E-state index in [2.05, 4.69) is 25.3 Å². The Bertz CT molecular complexity index is 591. The van der Waals surface area contributed by atoms with E-state index in [1.54, 1.807) is 7.05 Å². The Morgan fingerprint density at radius 2 is 2.27 bits per heavy atom. The Kier molecular flexibility index (Phi) is 9.89. The molecule has 0 amide bonds. The van der Waals surface area contributed by atoms with E-state index in [4.69, 9.17) is 9.26 Å². The van der Waals surface area contributed by atoms with E-state index in [-0.39, 0.29) is 41.8 Å². The van der Waals surface area contributed by atoms with E-state index in [0.29, 0.717) is 32.0 Å². The van der Waals surface area contributed by atoms with Crippen molar-refractivity contribution in [2.24, 2.45) is 10.9 Å². The monoisotopic (exact) mass is 479 g/mol. The molecule has 1 aliphatic rings. The Balaban J connectivity index is 0.00000338. The van der Waals surface area contributed by atoms with Crippen molar-refractivity contribution < 1.29 is 14.1 Å². The first kappa shape index (κ1) is 22.7. The van der Waals surface area contributed by atoms with Crippen LogP contribution in [0.3, 0.4) is 0 Å². The molecule has 8 nitrogen and oxygen atoms in total. The van der Waals surface area contributed by atoms with Gasteiger partial charge in [-0.3, -0.25) is 9.79 Å². The molecule has 9 heteroatoms. The van der Waals surface area contributed by atoms with Crippen LogP contribution in [0.25, 0.3) is 0 Å². The number of nitrogens with zero attached hydrogens (tertiary/aromatic N) is 4. The predicted molar refractivity (Wildman–Crippen MR) is 110 cm³/mol. The van der Waals surface area contributed by atoms with E-state index in [1.165, 1.54) is 0 Å². The van der Waals surface area contributed by atoms with Gasteiger partial charge >= 0.3 is 5.97 Å². The third-order valence-corrected chi connectivity index (χ3v) is 4.17. The Hall–Kier alpha value is -1.39. The van der Waals surface area contributed by atoms with Gasteiger partial charge in [-0.15, -0.1) is 24.0 Å². The van der Waals surface area contributed by atoms with Gasteiger partial charge in [-0.25, -0.2) is 0 Å². The molecular weight excluding hydrogens is 449 g/mol. The highest BCUT2D eigenvalue weighted by molar-refractivity contribution is 14.0. The SMILES string of the molecule is CCOC(=O)C1CCCN(C(=NC)NCCc2nc(C(C)C)no2)C1.I. The first-order chi connectivity index (χ1) is 12.0. The maximum absolute atomic E-state index is 12.0. The van der Waals surface area contributed by atoms with Crippen LogP contribution < -0.4 is 5.32 Å². The molecule has 26 heavy (non-hydrogen) atoms. The van der Waals surface area contributed by atoms with Crippen molar-refractivity contribution in [2.45, 2.75) is 46.0 Å². The molecule has 148 valence electrons. The third kappa shape index (κ3) is 6.40. The molecule has 1 N–H and O–H groups in total. The predicted octanol–water partition coefficient (Wildman–Crippen LogP) is 2.20. The molecule has 2 heterocycles. The van der Waals surface area contributed by atoms with Crippen molar-refractivity contribution in [3.8, 4) is 0 Å². The minimum absolute atomic E-state index is 0. The molecule has 0 aliphatic carbocycles. The quantitative estimate of drug-likeness (QED) is 0.290. The van der Waals surface area contributed by atoms with Gasteiger partial charge in [0, 0.05) is 39.0 Å². The highest BCUT2D eigenvalue weighted by Gasteiger charge is 2.28. The fourth-order valence-corrected chi connectivity index (χ4v) is 2.84. The highest BCUT2D eigenvalue weighted by atomic mass is 127. The highest BCUT2D eigenvalue weighted by Crippen LogP contribution is 2.18. The zero-order chi connectivity index (χ0) is 18.2. The number of esters is 1. The molecule has 0 radical (unpaired) electrons. The molecule has 1 atom stereocenters. The van der Waals surface area contributed by atoms with Gasteiger partial charge in [0.05, 0.1) is 12.5 Å². The number of aliphatic imine (C=N–C) groups is 1. The largest absolute Gasteiger partial charge is 0.466 e. The van der Waals surface area contributed by atoms with Crippen LogP contribution in [0.2, 0.25) is 0 Å². The second kappa shape index (κ2) is 11.3. The van der Waals surface area contributed by atoms with Crippen LogP contribution in [0.5, 0.6) is 0 Å². The molecule has 1 aromatic rings. The Labute approximate surface area is 172 Å². The zero-order valence-electron chi connectivity index (χ0n) is 16.0. The smallest absolute Gasteiger partial charge is 0.310 e. The summed E-state index contributed by atoms with van der Waals surface area (Å²) in [5.41, 5.74) is 0. The number of carbonyl (C=O) groups excluding carboxylic acids is 1. The Morgan fingerprint density at radius 3 is 2.88 bits per heavy atom. The summed E-state index contributed by atoms with van der Waals surface area (Å²) in [4.78, 5) is 22.8. The maximum atomic E-state index is 12.0. The number of carbonyl (C=O) groups is 1. The van der Waals surface area contributed by atoms with E-state index in [9.17, 15) is 4.79 Å². The normalized spacial score (nSPS) is 17.8. The van der Waals surface area contributed by atoms with Gasteiger partial charge in [0.15, 0.2) is 11.8 Å². The van der Waals surface area contributed by atoms with Crippen LogP contribution in [0.15, 0.2) is 9.52 Å². The molecule has 1 aliphatic heterocycles. The third-order valence-electron chi connectivity index (χ3n) is 4.17. The fourth-order valence-electron chi connectivity index (χ4n) is 2.84. The summed E-state index contributed by atoms with van der Waals surface area (Å²) in [6.45, 7) is 8.49. The summed E-state index contributed by atoms with van der Waals surface area (Å²) in [7, 11) is 1.75. The Morgan fingerprint density at radius 1 is 1.50 bits per heavy atom. The lowest BCUT2D eigenvalue weighted by Gasteiger charge is -2.33. The van der Waals surface area contributed by atoms with Gasteiger partial charge in [0.1, 0.15) is 0 Å². The van der Waals surface area contributed by atoms with Crippen LogP contribution in [0.1, 0.15) is 51.2 Å². The van der Waals surface area contributed by atoms with Crippen LogP contribution in [0, 0.1) is 5.92 Å². The maximum Gasteiger partial charge on any atom is 0.310 e. The molecule has 1 fully saturated rings. The standard InChI is InChI=1S/C17H29N5O3.HI/c1-5-24-16(23)13-7-6-10-22(11-13)17(18-4)19-9-8-14-20-15(12(2)3)21-25-14;/h12-13H,5-11H2,1-4H3,(H,18,19);1H. The number of hydrogen-bond donors (Lipinski definition) is 1. The number of guanidine groups is 1. The number of rotatable bonds is 6. The number of ether oxygens (including phenoxy) is 1. The molecule has 1 aromatic heterocycles. The summed E-state index contributed by atoms with van der Waals surface area (Å²) in [5.74, 6) is 2.19. The van der Waals surface area contributed by atoms with Crippen LogP contribution in [0.4, 0.5) is 0 Å². The average Bonchev–Trinajstić information content (AvgIpc) is 3.08. The topological polar surface area (TPSA) is 92.8 Å². The molecule has 1 saturated heterocycles. The van der Waals surface area contributed by atoms with Crippen LogP contribution in [-0.4, -0.2) is 60.3 Å². The summed E-state index contributed by atoms with van der Waals surface area (Å²) >= 11 is 0. The van der Waals surface area contributed by atoms with Gasteiger partial charge < -0.3 is 19.5 Å². The van der Waals surface area contributed by atoms with E-state index in [1.807, 2.05) is 20.8 Å². The first-order valence-corrected chi connectivity index (χ1v) is 8.99. The summed E-state index contributed by atoms with van der Waals surface area (Å²) in [6.07, 6.45) is 2.45. The van der Waals surface area contributed by atoms with Gasteiger partial charge in [-0.05, 0) is 19.8 Å². The molecule has 0 aromatic carbocycles. The lowest BCUT2D eigenvalue weighted by molar-refractivity contribution is -0.149. The van der Waals surface area contributed by atoms with E-state index >= 15 is 0 Å². The van der Waals surface area contributed by atoms with Gasteiger partial charge in [-0.2, -0.15) is 4.98 Å². The van der Waals surface area contributed by atoms with E-state index in [0.717, 1.165) is 31.2 Å². The average molecular weight is 479 g/mol. The number of piperidine rings is 1. The van der Waals surface area contributed by atoms with Crippen molar-refractivity contribution in [1.29, 1.82) is 0 Å². The van der Waals surface area contributed by atoms with Gasteiger partial charge in [-0.1, -0.05) is 19.0 Å². The first-order valence-electron chi connectivity index (χ1n) is 8.99. The van der Waals surface area contributed by atoms with Crippen molar-refractivity contribution in [3.05, 3.63) is 11.7 Å². The van der Waals surface area contributed by atoms with Crippen molar-refractivity contribution in [3.63, 3.8) is 0 Å². The molecule has 0 spiro atoms. The minimum Gasteiger partial charge on any atom is -0.466 e. The van der Waals surface area contributed by atoms with Crippen LogP contribution >= 0.6 is 24.0 Å². The lowest BCUT2D eigenvalue weighted by atomic mass is 9.98. The molecule has 0 bridgehead atoms. The zero-order valence-corrected chi connectivity index (χ0v) is 18.4. The van der Waals surface area contributed by atoms with Crippen molar-refractivity contribution in [2.75, 3.05) is 33.3 Å². The molecular formula is C17H30IN5O3. The van der Waals surface area contributed by atoms with Crippen LogP contribution in [-0.2, 0) is 16.0 Å². The number of aromatic nitrogens is 2. The number of hydrogen-bond acceptors (Lipinski definition) is 6. The van der Waals surface area contributed by atoms with Crippen molar-refractivity contribution >= 4 is 35.9 Å². The number of halogens is 1. The second-order valence-electron chi connectivity index (χ2n) is 6.46. The number of likely N-dealkylation sites (tertiary alicyclic amines) is 1. The lowest BCUT2D eigenvalue weighted by Crippen LogP contribution is -2.48. The van der Waals surface area contributed by atoms with Gasteiger partial charge in [0.25, 0.3) is 0 Å². The fraction of sp³-hybridized carbons (Fsp3) is 0.765. The summed E-state index contributed by atoms with van der Waals surface area (Å²) in [5, 5.41) is 7.28. The molecule has 2 rings (SSSR count). The summed E-state index contributed by atoms with van der Waals surface area (Å²) in [6, 6.07) is 0. The number of nitrogens with one attached hydrogen (secondary N) is 1. The molecule has 0 saturated carbocycles. The van der Waals surface area contributed by atoms with E-state index < -0.39 is 0 Å². The summed E-state index contributed by atoms with van der Waals surface area (Å²) < 4.78 is 10.4.